The number of benzene rings is 1. The number of fused-ring (bicyclic) bond motifs is 1. The summed E-state index contributed by atoms with van der Waals surface area (Å²) in [7, 11) is 0. The zero-order valence-corrected chi connectivity index (χ0v) is 15.4. The summed E-state index contributed by atoms with van der Waals surface area (Å²) in [5.74, 6) is -0.310. The van der Waals surface area contributed by atoms with E-state index in [9.17, 15) is 18.8 Å². The van der Waals surface area contributed by atoms with E-state index in [1.165, 1.54) is 23.9 Å². The minimum absolute atomic E-state index is 0.0484. The molecule has 0 bridgehead atoms. The molecule has 1 aromatic carbocycles. The molecule has 0 aliphatic carbocycles. The molecular formula is C18H22FN3O3S. The third kappa shape index (κ3) is 4.17. The predicted molar refractivity (Wildman–Crippen MR) is 97.1 cm³/mol. The Morgan fingerprint density at radius 1 is 1.35 bits per heavy atom. The molecule has 2 N–H and O–H groups in total. The van der Waals surface area contributed by atoms with Crippen LogP contribution in [0, 0.1) is 5.82 Å². The van der Waals surface area contributed by atoms with E-state index in [0.29, 0.717) is 31.6 Å². The van der Waals surface area contributed by atoms with Crippen LogP contribution in [0.5, 0.6) is 0 Å². The van der Waals surface area contributed by atoms with Crippen LogP contribution in [0.15, 0.2) is 24.3 Å². The topological polar surface area (TPSA) is 78.5 Å². The Labute approximate surface area is 155 Å². The van der Waals surface area contributed by atoms with Gasteiger partial charge in [-0.2, -0.15) is 11.8 Å². The van der Waals surface area contributed by atoms with Crippen molar-refractivity contribution in [2.75, 3.05) is 18.6 Å². The van der Waals surface area contributed by atoms with Crippen LogP contribution in [-0.4, -0.2) is 59.3 Å². The molecule has 1 aromatic rings. The number of hydrogen-bond acceptors (Lipinski definition) is 4. The Hall–Kier alpha value is -2.09. The Kier molecular flexibility index (Phi) is 5.80. The van der Waals surface area contributed by atoms with Gasteiger partial charge in [0.2, 0.25) is 17.7 Å². The second-order valence-electron chi connectivity index (χ2n) is 6.66. The van der Waals surface area contributed by atoms with Crippen LogP contribution in [0.4, 0.5) is 4.39 Å². The molecule has 0 aromatic heterocycles. The minimum Gasteiger partial charge on any atom is -0.352 e. The van der Waals surface area contributed by atoms with Gasteiger partial charge in [-0.3, -0.25) is 14.4 Å². The molecule has 26 heavy (non-hydrogen) atoms. The fraction of sp³-hybridized carbons (Fsp3) is 0.500. The van der Waals surface area contributed by atoms with Crippen molar-refractivity contribution >= 4 is 29.5 Å². The zero-order valence-electron chi connectivity index (χ0n) is 14.5. The highest BCUT2D eigenvalue weighted by Gasteiger charge is 2.43. The number of hydrogen-bond donors (Lipinski definition) is 2. The fourth-order valence-corrected chi connectivity index (χ4v) is 3.88. The maximum absolute atomic E-state index is 13.0. The van der Waals surface area contributed by atoms with Crippen molar-refractivity contribution in [3.8, 4) is 0 Å². The average Bonchev–Trinajstić information content (AvgIpc) is 2.61. The van der Waals surface area contributed by atoms with Gasteiger partial charge in [-0.1, -0.05) is 12.1 Å². The van der Waals surface area contributed by atoms with Gasteiger partial charge < -0.3 is 15.5 Å². The number of nitrogens with zero attached hydrogens (tertiary/aromatic N) is 1. The molecule has 0 spiro atoms. The van der Waals surface area contributed by atoms with E-state index in [4.69, 9.17) is 0 Å². The summed E-state index contributed by atoms with van der Waals surface area (Å²) < 4.78 is 13.0. The SMILES string of the molecule is CSCC(=O)N[C@H]1CCN2C(=O)[C@H](Cc3ccc(F)cc3)NC(=O)[C@@H]2C1. The number of carbonyl (C=O) groups is 3. The Balaban J connectivity index is 1.63. The molecular weight excluding hydrogens is 357 g/mol. The van der Waals surface area contributed by atoms with Crippen LogP contribution >= 0.6 is 11.8 Å². The van der Waals surface area contributed by atoms with E-state index >= 15 is 0 Å². The molecule has 2 aliphatic rings. The maximum atomic E-state index is 13.0. The van der Waals surface area contributed by atoms with Crippen molar-refractivity contribution in [3.63, 3.8) is 0 Å². The van der Waals surface area contributed by atoms with Gasteiger partial charge in [-0.25, -0.2) is 4.39 Å². The van der Waals surface area contributed by atoms with E-state index < -0.39 is 12.1 Å². The lowest BCUT2D eigenvalue weighted by Crippen LogP contribution is -2.67. The first-order chi connectivity index (χ1) is 12.5. The third-order valence-electron chi connectivity index (χ3n) is 4.80. The number of thioether (sulfide) groups is 1. The average molecular weight is 379 g/mol. The van der Waals surface area contributed by atoms with Crippen molar-refractivity contribution in [1.82, 2.24) is 15.5 Å². The number of rotatable bonds is 5. The van der Waals surface area contributed by atoms with Crippen molar-refractivity contribution < 1.29 is 18.8 Å². The van der Waals surface area contributed by atoms with Crippen LogP contribution in [-0.2, 0) is 20.8 Å². The highest BCUT2D eigenvalue weighted by atomic mass is 32.2. The molecule has 3 rings (SSSR count). The normalized spacial score (nSPS) is 25.5. The lowest BCUT2D eigenvalue weighted by atomic mass is 9.91. The first-order valence-electron chi connectivity index (χ1n) is 8.61. The number of halogens is 1. The molecule has 8 heteroatoms. The summed E-state index contributed by atoms with van der Waals surface area (Å²) in [5, 5.41) is 5.72. The number of piperidine rings is 1. The molecule has 6 nitrogen and oxygen atoms in total. The van der Waals surface area contributed by atoms with Gasteiger partial charge in [0.05, 0.1) is 5.75 Å². The van der Waals surface area contributed by atoms with Crippen LogP contribution in [0.2, 0.25) is 0 Å². The van der Waals surface area contributed by atoms with Crippen molar-refractivity contribution in [2.45, 2.75) is 37.4 Å². The molecule has 0 saturated carbocycles. The first kappa shape index (κ1) is 18.7. The second-order valence-corrected chi connectivity index (χ2v) is 7.53. The summed E-state index contributed by atoms with van der Waals surface area (Å²) in [6, 6.07) is 4.66. The number of amides is 3. The number of piperazine rings is 1. The lowest BCUT2D eigenvalue weighted by molar-refractivity contribution is -0.151. The van der Waals surface area contributed by atoms with Crippen LogP contribution in [0.3, 0.4) is 0 Å². The van der Waals surface area contributed by atoms with Gasteiger partial charge in [0.1, 0.15) is 17.9 Å². The zero-order chi connectivity index (χ0) is 18.7. The highest BCUT2D eigenvalue weighted by Crippen LogP contribution is 2.23. The monoisotopic (exact) mass is 379 g/mol. The van der Waals surface area contributed by atoms with Gasteiger partial charge in [-0.05, 0) is 36.8 Å². The summed E-state index contributed by atoms with van der Waals surface area (Å²) in [6.07, 6.45) is 3.26. The van der Waals surface area contributed by atoms with Gasteiger partial charge in [-0.15, -0.1) is 0 Å². The van der Waals surface area contributed by atoms with Crippen molar-refractivity contribution in [1.29, 1.82) is 0 Å². The smallest absolute Gasteiger partial charge is 0.246 e. The highest BCUT2D eigenvalue weighted by molar-refractivity contribution is 7.99. The minimum atomic E-state index is -0.633. The van der Waals surface area contributed by atoms with E-state index in [-0.39, 0.29) is 29.6 Å². The standard InChI is InChI=1S/C18H22FN3O3S/c1-26-10-16(23)20-13-6-7-22-15(9-13)17(24)21-14(18(22)25)8-11-2-4-12(19)5-3-11/h2-5,13-15H,6-10H2,1H3,(H,20,23)(H,21,24)/t13-,14-,15-/m0/s1. The Morgan fingerprint density at radius 2 is 2.08 bits per heavy atom. The summed E-state index contributed by atoms with van der Waals surface area (Å²) in [4.78, 5) is 38.6. The van der Waals surface area contributed by atoms with Crippen molar-refractivity contribution in [2.24, 2.45) is 0 Å². The van der Waals surface area contributed by atoms with Gasteiger partial charge in [0.15, 0.2) is 0 Å². The summed E-state index contributed by atoms with van der Waals surface area (Å²) in [5.41, 5.74) is 0.794. The van der Waals surface area contributed by atoms with E-state index in [0.717, 1.165) is 5.56 Å². The van der Waals surface area contributed by atoms with Crippen LogP contribution < -0.4 is 10.6 Å². The van der Waals surface area contributed by atoms with E-state index in [2.05, 4.69) is 10.6 Å². The molecule has 0 radical (unpaired) electrons. The summed E-state index contributed by atoms with van der Waals surface area (Å²) in [6.45, 7) is 0.445. The Bertz CT molecular complexity index is 697. The molecule has 3 amide bonds. The third-order valence-corrected chi connectivity index (χ3v) is 5.35. The summed E-state index contributed by atoms with van der Waals surface area (Å²) >= 11 is 1.44. The molecule has 2 saturated heterocycles. The predicted octanol–water partition coefficient (Wildman–Crippen LogP) is 0.705. The maximum Gasteiger partial charge on any atom is 0.246 e. The molecule has 3 atom stereocenters. The van der Waals surface area contributed by atoms with E-state index in [1.807, 2.05) is 6.26 Å². The Morgan fingerprint density at radius 3 is 2.77 bits per heavy atom. The molecule has 2 aliphatic heterocycles. The van der Waals surface area contributed by atoms with Gasteiger partial charge in [0.25, 0.3) is 0 Å². The largest absolute Gasteiger partial charge is 0.352 e. The lowest BCUT2D eigenvalue weighted by Gasteiger charge is -2.44. The fourth-order valence-electron chi connectivity index (χ4n) is 3.53. The van der Waals surface area contributed by atoms with Crippen molar-refractivity contribution in [3.05, 3.63) is 35.6 Å². The molecule has 2 fully saturated rings. The first-order valence-corrected chi connectivity index (χ1v) is 10.0. The van der Waals surface area contributed by atoms with E-state index in [1.54, 1.807) is 17.0 Å². The number of carbonyl (C=O) groups excluding carboxylic acids is 3. The molecule has 2 heterocycles. The number of nitrogens with one attached hydrogen (secondary N) is 2. The van der Waals surface area contributed by atoms with Crippen LogP contribution in [0.25, 0.3) is 0 Å². The molecule has 140 valence electrons. The second kappa shape index (κ2) is 8.07. The van der Waals surface area contributed by atoms with Gasteiger partial charge >= 0.3 is 0 Å². The van der Waals surface area contributed by atoms with Crippen LogP contribution in [0.1, 0.15) is 18.4 Å². The quantitative estimate of drug-likeness (QED) is 0.790. The van der Waals surface area contributed by atoms with Gasteiger partial charge in [0, 0.05) is 19.0 Å². The molecule has 0 unspecified atom stereocenters.